The molecule has 1 fully saturated rings. The minimum Gasteiger partial charge on any atom is -0.497 e. The summed E-state index contributed by atoms with van der Waals surface area (Å²) in [5, 5.41) is 2.88. The Balaban J connectivity index is 1.70. The molecule has 1 saturated heterocycles. The Morgan fingerprint density at radius 3 is 2.56 bits per heavy atom. The van der Waals surface area contributed by atoms with E-state index in [0.717, 1.165) is 5.56 Å². The summed E-state index contributed by atoms with van der Waals surface area (Å²) in [6, 6.07) is 11.7. The third-order valence-electron chi connectivity index (χ3n) is 5.34. The number of carbonyl (C=O) groups is 1. The molecule has 142 valence electrons. The number of nitrogens with zero attached hydrogens (tertiary/aromatic N) is 1. The van der Waals surface area contributed by atoms with Gasteiger partial charge in [-0.3, -0.25) is 4.79 Å². The van der Waals surface area contributed by atoms with Crippen LogP contribution in [0.2, 0.25) is 0 Å². The Hall–Kier alpha value is -2.58. The molecule has 1 atom stereocenters. The van der Waals surface area contributed by atoms with E-state index in [2.05, 4.69) is 5.32 Å². The van der Waals surface area contributed by atoms with E-state index in [-0.39, 0.29) is 23.9 Å². The monoisotopic (exact) mass is 388 g/mol. The van der Waals surface area contributed by atoms with Gasteiger partial charge < -0.3 is 14.8 Å². The predicted octanol–water partition coefficient (Wildman–Crippen LogP) is 1.99. The molecule has 0 saturated carbocycles. The number of ether oxygens (including phenoxy) is 2. The van der Waals surface area contributed by atoms with Crippen LogP contribution in [0.4, 0.5) is 5.69 Å². The van der Waals surface area contributed by atoms with Crippen LogP contribution in [0.15, 0.2) is 47.4 Å². The van der Waals surface area contributed by atoms with E-state index >= 15 is 0 Å². The zero-order valence-corrected chi connectivity index (χ0v) is 15.9. The van der Waals surface area contributed by atoms with Gasteiger partial charge in [0.25, 0.3) is 0 Å². The molecule has 1 N–H and O–H groups in total. The maximum Gasteiger partial charge on any atom is 0.243 e. The van der Waals surface area contributed by atoms with Gasteiger partial charge in [0.2, 0.25) is 15.9 Å². The molecule has 0 radical (unpaired) electrons. The van der Waals surface area contributed by atoms with Crippen LogP contribution >= 0.6 is 0 Å². The van der Waals surface area contributed by atoms with Crippen LogP contribution in [0.1, 0.15) is 12.0 Å². The Morgan fingerprint density at radius 2 is 1.81 bits per heavy atom. The van der Waals surface area contributed by atoms with Gasteiger partial charge in [-0.1, -0.05) is 6.07 Å². The molecule has 1 amide bonds. The second kappa shape index (κ2) is 6.24. The molecule has 1 spiro atoms. The van der Waals surface area contributed by atoms with E-state index in [9.17, 15) is 13.2 Å². The number of benzene rings is 2. The Bertz CT molecular complexity index is 1020. The van der Waals surface area contributed by atoms with Crippen molar-refractivity contribution in [3.05, 3.63) is 48.0 Å². The van der Waals surface area contributed by atoms with Crippen LogP contribution in [-0.4, -0.2) is 45.9 Å². The maximum absolute atomic E-state index is 13.1. The Labute approximate surface area is 157 Å². The summed E-state index contributed by atoms with van der Waals surface area (Å²) in [7, 11) is -0.682. The first kappa shape index (κ1) is 17.8. The molecular formula is C19H20N2O5S. The summed E-state index contributed by atoms with van der Waals surface area (Å²) < 4.78 is 38.0. The topological polar surface area (TPSA) is 84.9 Å². The standard InChI is InChI=1S/C19H20N2O5S/c1-25-13-4-3-5-15(10-13)27(23,24)21-9-8-19(12-21)16-11-14(26-2)6-7-17(16)20-18(19)22/h3-7,10-11H,8-9,12H2,1-2H3,(H,20,22). The molecule has 27 heavy (non-hydrogen) atoms. The lowest BCUT2D eigenvalue weighted by Gasteiger charge is -2.23. The van der Waals surface area contributed by atoms with E-state index in [4.69, 9.17) is 9.47 Å². The Morgan fingerprint density at radius 1 is 1.07 bits per heavy atom. The summed E-state index contributed by atoms with van der Waals surface area (Å²) in [5.74, 6) is 0.937. The SMILES string of the molecule is COc1cccc(S(=O)(=O)N2CCC3(C2)C(=O)Nc2ccc(OC)cc23)c1. The van der Waals surface area contributed by atoms with Gasteiger partial charge in [0.05, 0.1) is 24.5 Å². The minimum absolute atomic E-state index is 0.0958. The minimum atomic E-state index is -3.73. The van der Waals surface area contributed by atoms with E-state index in [1.165, 1.54) is 23.5 Å². The first-order valence-corrected chi connectivity index (χ1v) is 9.99. The number of hydrogen-bond donors (Lipinski definition) is 1. The number of sulfonamides is 1. The zero-order chi connectivity index (χ0) is 19.2. The highest BCUT2D eigenvalue weighted by Crippen LogP contribution is 2.46. The number of carbonyl (C=O) groups excluding carboxylic acids is 1. The molecule has 0 bridgehead atoms. The summed E-state index contributed by atoms with van der Waals surface area (Å²) in [4.78, 5) is 12.9. The third-order valence-corrected chi connectivity index (χ3v) is 7.18. The lowest BCUT2D eigenvalue weighted by atomic mass is 9.81. The molecule has 2 aromatic rings. The molecule has 1 unspecified atom stereocenters. The molecule has 8 heteroatoms. The van der Waals surface area contributed by atoms with Crippen molar-refractivity contribution in [2.24, 2.45) is 0 Å². The van der Waals surface area contributed by atoms with E-state index in [1.54, 1.807) is 31.4 Å². The number of rotatable bonds is 4. The number of anilines is 1. The van der Waals surface area contributed by atoms with Crippen LogP contribution in [0.3, 0.4) is 0 Å². The zero-order valence-electron chi connectivity index (χ0n) is 15.1. The van der Waals surface area contributed by atoms with Crippen LogP contribution in [0, 0.1) is 0 Å². The maximum atomic E-state index is 13.1. The van der Waals surface area contributed by atoms with Crippen molar-refractivity contribution in [2.75, 3.05) is 32.6 Å². The molecule has 4 rings (SSSR count). The van der Waals surface area contributed by atoms with Gasteiger partial charge in [-0.15, -0.1) is 0 Å². The fraction of sp³-hybridized carbons (Fsp3) is 0.316. The number of methoxy groups -OCH3 is 2. The summed E-state index contributed by atoms with van der Waals surface area (Å²) in [6.45, 7) is 0.363. The first-order chi connectivity index (χ1) is 12.9. The first-order valence-electron chi connectivity index (χ1n) is 8.55. The second-order valence-corrected chi connectivity index (χ2v) is 8.65. The van der Waals surface area contributed by atoms with Crippen molar-refractivity contribution in [1.29, 1.82) is 0 Å². The fourth-order valence-corrected chi connectivity index (χ4v) is 5.35. The van der Waals surface area contributed by atoms with Crippen LogP contribution < -0.4 is 14.8 Å². The number of amides is 1. The third kappa shape index (κ3) is 2.67. The van der Waals surface area contributed by atoms with Crippen LogP contribution in [-0.2, 0) is 20.2 Å². The number of hydrogen-bond acceptors (Lipinski definition) is 5. The van der Waals surface area contributed by atoms with Gasteiger partial charge >= 0.3 is 0 Å². The average Bonchev–Trinajstić information content (AvgIpc) is 3.25. The normalized spacial score (nSPS) is 21.9. The lowest BCUT2D eigenvalue weighted by molar-refractivity contribution is -0.120. The molecule has 2 aliphatic rings. The summed E-state index contributed by atoms with van der Waals surface area (Å²) in [6.07, 6.45) is 0.419. The van der Waals surface area contributed by atoms with E-state index in [1.807, 2.05) is 6.07 Å². The molecule has 2 aromatic carbocycles. The van der Waals surface area contributed by atoms with Crippen molar-refractivity contribution < 1.29 is 22.7 Å². The van der Waals surface area contributed by atoms with Crippen molar-refractivity contribution in [3.63, 3.8) is 0 Å². The summed E-state index contributed by atoms with van der Waals surface area (Å²) in [5.41, 5.74) is 0.604. The predicted molar refractivity (Wildman–Crippen MR) is 99.7 cm³/mol. The second-order valence-electron chi connectivity index (χ2n) is 6.72. The summed E-state index contributed by atoms with van der Waals surface area (Å²) >= 11 is 0. The molecule has 0 aromatic heterocycles. The molecule has 0 aliphatic carbocycles. The average molecular weight is 388 g/mol. The van der Waals surface area contributed by atoms with E-state index < -0.39 is 15.4 Å². The van der Waals surface area contributed by atoms with Gasteiger partial charge in [-0.05, 0) is 42.3 Å². The van der Waals surface area contributed by atoms with E-state index in [0.29, 0.717) is 23.6 Å². The molecule has 2 aliphatic heterocycles. The highest BCUT2D eigenvalue weighted by atomic mass is 32.2. The number of fused-ring (bicyclic) bond motifs is 2. The van der Waals surface area contributed by atoms with Crippen molar-refractivity contribution in [3.8, 4) is 11.5 Å². The van der Waals surface area contributed by atoms with Crippen LogP contribution in [0.25, 0.3) is 0 Å². The molecule has 7 nitrogen and oxygen atoms in total. The fourth-order valence-electron chi connectivity index (χ4n) is 3.82. The highest BCUT2D eigenvalue weighted by molar-refractivity contribution is 7.89. The molecular weight excluding hydrogens is 368 g/mol. The smallest absolute Gasteiger partial charge is 0.243 e. The van der Waals surface area contributed by atoms with Gasteiger partial charge in [0.15, 0.2) is 0 Å². The lowest BCUT2D eigenvalue weighted by Crippen LogP contribution is -2.39. The quantitative estimate of drug-likeness (QED) is 0.866. The van der Waals surface area contributed by atoms with Gasteiger partial charge in [-0.2, -0.15) is 4.31 Å². The largest absolute Gasteiger partial charge is 0.497 e. The van der Waals surface area contributed by atoms with Gasteiger partial charge in [0.1, 0.15) is 11.5 Å². The van der Waals surface area contributed by atoms with Gasteiger partial charge in [0, 0.05) is 24.8 Å². The van der Waals surface area contributed by atoms with Crippen molar-refractivity contribution in [1.82, 2.24) is 4.31 Å². The molecule has 2 heterocycles. The van der Waals surface area contributed by atoms with Crippen LogP contribution in [0.5, 0.6) is 11.5 Å². The number of nitrogens with one attached hydrogen (secondary N) is 1. The van der Waals surface area contributed by atoms with Crippen molar-refractivity contribution >= 4 is 21.6 Å². The van der Waals surface area contributed by atoms with Gasteiger partial charge in [-0.25, -0.2) is 8.42 Å². The van der Waals surface area contributed by atoms with Crippen molar-refractivity contribution in [2.45, 2.75) is 16.7 Å². The Kier molecular flexibility index (Phi) is 4.12. The highest BCUT2D eigenvalue weighted by Gasteiger charge is 2.53.